The molecule has 6 heteroatoms. The molecule has 0 unspecified atom stereocenters. The van der Waals surface area contributed by atoms with Crippen molar-refractivity contribution in [1.29, 1.82) is 0 Å². The van der Waals surface area contributed by atoms with Gasteiger partial charge in [0.1, 0.15) is 11.6 Å². The van der Waals surface area contributed by atoms with E-state index in [-0.39, 0.29) is 18.1 Å². The Morgan fingerprint density at radius 2 is 1.89 bits per heavy atom. The molecule has 1 saturated heterocycles. The van der Waals surface area contributed by atoms with Gasteiger partial charge in [-0.2, -0.15) is 0 Å². The Hall–Kier alpha value is -2.60. The first-order valence-corrected chi connectivity index (χ1v) is 9.82. The number of methoxy groups -OCH3 is 1. The fourth-order valence-electron chi connectivity index (χ4n) is 3.46. The van der Waals surface area contributed by atoms with Gasteiger partial charge < -0.3 is 19.7 Å². The molecule has 0 aliphatic carbocycles. The highest BCUT2D eigenvalue weighted by molar-refractivity contribution is 5.94. The molecule has 0 radical (unpaired) electrons. The number of rotatable bonds is 7. The van der Waals surface area contributed by atoms with E-state index >= 15 is 0 Å². The number of carbonyl (C=O) groups excluding carboxylic acids is 1. The lowest BCUT2D eigenvalue weighted by Crippen LogP contribution is -2.45. The van der Waals surface area contributed by atoms with Crippen LogP contribution in [0.15, 0.2) is 42.6 Å². The predicted octanol–water partition coefficient (Wildman–Crippen LogP) is 3.07. The number of carbonyl (C=O) groups is 1. The summed E-state index contributed by atoms with van der Waals surface area (Å²) in [6.45, 7) is 6.39. The molecule has 1 N–H and O–H groups in total. The van der Waals surface area contributed by atoms with Crippen LogP contribution in [0.2, 0.25) is 0 Å². The summed E-state index contributed by atoms with van der Waals surface area (Å²) in [5, 5.41) is 2.97. The van der Waals surface area contributed by atoms with Gasteiger partial charge in [-0.15, -0.1) is 0 Å². The van der Waals surface area contributed by atoms with Gasteiger partial charge in [0.2, 0.25) is 0 Å². The smallest absolute Gasteiger partial charge is 0.252 e. The predicted molar refractivity (Wildman–Crippen MR) is 110 cm³/mol. The van der Waals surface area contributed by atoms with Gasteiger partial charge in [-0.1, -0.05) is 12.1 Å². The lowest BCUT2D eigenvalue weighted by Gasteiger charge is -2.36. The number of pyridine rings is 1. The molecule has 2 heterocycles. The molecule has 1 aromatic carbocycles. The van der Waals surface area contributed by atoms with Crippen LogP contribution in [0.5, 0.6) is 5.75 Å². The zero-order chi connectivity index (χ0) is 19.9. The van der Waals surface area contributed by atoms with Gasteiger partial charge in [-0.25, -0.2) is 4.98 Å². The van der Waals surface area contributed by atoms with Crippen LogP contribution in [0.4, 0.5) is 5.82 Å². The fourth-order valence-corrected chi connectivity index (χ4v) is 3.46. The quantitative estimate of drug-likeness (QED) is 0.745. The summed E-state index contributed by atoms with van der Waals surface area (Å²) < 4.78 is 10.9. The Morgan fingerprint density at radius 3 is 2.50 bits per heavy atom. The van der Waals surface area contributed by atoms with Crippen LogP contribution < -0.4 is 15.0 Å². The average Bonchev–Trinajstić information content (AvgIpc) is 2.71. The second-order valence-corrected chi connectivity index (χ2v) is 7.27. The Labute approximate surface area is 166 Å². The minimum absolute atomic E-state index is 0.0857. The lowest BCUT2D eigenvalue weighted by atomic mass is 10.1. The molecule has 6 nitrogen and oxygen atoms in total. The molecule has 1 amide bonds. The molecule has 1 aromatic heterocycles. The van der Waals surface area contributed by atoms with E-state index in [1.54, 1.807) is 13.3 Å². The molecule has 2 aromatic rings. The number of morpholine rings is 1. The summed E-state index contributed by atoms with van der Waals surface area (Å²) in [5.74, 6) is 1.66. The Kier molecular flexibility index (Phi) is 6.87. The molecule has 1 aliphatic heterocycles. The van der Waals surface area contributed by atoms with E-state index in [9.17, 15) is 4.79 Å². The molecular weight excluding hydrogens is 354 g/mol. The van der Waals surface area contributed by atoms with Gasteiger partial charge in [0, 0.05) is 25.8 Å². The van der Waals surface area contributed by atoms with E-state index in [0.29, 0.717) is 12.1 Å². The fraction of sp³-hybridized carbons (Fsp3) is 0.455. The van der Waals surface area contributed by atoms with E-state index in [1.807, 2.05) is 24.3 Å². The molecule has 1 aliphatic rings. The highest BCUT2D eigenvalue weighted by Gasteiger charge is 2.23. The third kappa shape index (κ3) is 5.45. The van der Waals surface area contributed by atoms with Crippen LogP contribution in [0, 0.1) is 0 Å². The summed E-state index contributed by atoms with van der Waals surface area (Å²) in [7, 11) is 1.66. The minimum Gasteiger partial charge on any atom is -0.497 e. The Morgan fingerprint density at radius 1 is 1.18 bits per heavy atom. The standard InChI is InChI=1S/C22H29N3O3/c1-16-14-25(15-17(2)28-16)21-11-8-19(13-24-21)22(26)23-12-4-5-18-6-9-20(27-3)10-7-18/h6-11,13,16-17H,4-5,12,14-15H2,1-3H3,(H,23,26)/t16-,17+. The van der Waals surface area contributed by atoms with Gasteiger partial charge in [-0.3, -0.25) is 4.79 Å². The normalized spacial score (nSPS) is 19.3. The van der Waals surface area contributed by atoms with Crippen molar-refractivity contribution in [3.8, 4) is 5.75 Å². The van der Waals surface area contributed by atoms with Gasteiger partial charge in [0.05, 0.1) is 24.9 Å². The molecule has 1 fully saturated rings. The highest BCUT2D eigenvalue weighted by atomic mass is 16.5. The summed E-state index contributed by atoms with van der Waals surface area (Å²) in [6.07, 6.45) is 3.81. The van der Waals surface area contributed by atoms with Crippen LogP contribution >= 0.6 is 0 Å². The first-order valence-electron chi connectivity index (χ1n) is 9.82. The monoisotopic (exact) mass is 383 g/mol. The van der Waals surface area contributed by atoms with Crippen molar-refractivity contribution in [3.05, 3.63) is 53.7 Å². The van der Waals surface area contributed by atoms with Crippen molar-refractivity contribution in [2.24, 2.45) is 0 Å². The van der Waals surface area contributed by atoms with Crippen molar-refractivity contribution >= 4 is 11.7 Å². The Balaban J connectivity index is 1.45. The zero-order valence-corrected chi connectivity index (χ0v) is 16.9. The zero-order valence-electron chi connectivity index (χ0n) is 16.9. The number of hydrogen-bond donors (Lipinski definition) is 1. The van der Waals surface area contributed by atoms with Gasteiger partial charge in [0.15, 0.2) is 0 Å². The van der Waals surface area contributed by atoms with Crippen molar-refractivity contribution in [1.82, 2.24) is 10.3 Å². The number of aryl methyl sites for hydroxylation is 1. The summed E-state index contributed by atoms with van der Waals surface area (Å²) in [5.41, 5.74) is 1.82. The number of ether oxygens (including phenoxy) is 2. The molecule has 0 spiro atoms. The number of anilines is 1. The molecule has 0 bridgehead atoms. The topological polar surface area (TPSA) is 63.7 Å². The summed E-state index contributed by atoms with van der Waals surface area (Å²) in [4.78, 5) is 19.0. The van der Waals surface area contributed by atoms with Crippen LogP contribution in [0.3, 0.4) is 0 Å². The number of aromatic nitrogens is 1. The largest absolute Gasteiger partial charge is 0.497 e. The SMILES string of the molecule is COc1ccc(CCCNC(=O)c2ccc(N3C[C@@H](C)O[C@@H](C)C3)nc2)cc1. The van der Waals surface area contributed by atoms with E-state index in [0.717, 1.165) is 37.5 Å². The first-order chi connectivity index (χ1) is 13.5. The molecule has 28 heavy (non-hydrogen) atoms. The number of nitrogens with zero attached hydrogens (tertiary/aromatic N) is 2. The molecule has 150 valence electrons. The van der Waals surface area contributed by atoms with Gasteiger partial charge in [0.25, 0.3) is 5.91 Å². The van der Waals surface area contributed by atoms with E-state index < -0.39 is 0 Å². The van der Waals surface area contributed by atoms with Crippen LogP contribution in [0.25, 0.3) is 0 Å². The van der Waals surface area contributed by atoms with Crippen LogP contribution in [-0.2, 0) is 11.2 Å². The number of nitrogens with one attached hydrogen (secondary N) is 1. The highest BCUT2D eigenvalue weighted by Crippen LogP contribution is 2.18. The molecule has 3 rings (SSSR count). The Bertz CT molecular complexity index is 752. The molecule has 0 saturated carbocycles. The third-order valence-electron chi connectivity index (χ3n) is 4.84. The van der Waals surface area contributed by atoms with Crippen molar-refractivity contribution in [2.75, 3.05) is 31.6 Å². The summed E-state index contributed by atoms with van der Waals surface area (Å²) >= 11 is 0. The second-order valence-electron chi connectivity index (χ2n) is 7.27. The maximum Gasteiger partial charge on any atom is 0.252 e. The number of amides is 1. The van der Waals surface area contributed by atoms with Crippen molar-refractivity contribution < 1.29 is 14.3 Å². The van der Waals surface area contributed by atoms with Gasteiger partial charge in [-0.05, 0) is 56.5 Å². The maximum absolute atomic E-state index is 12.3. The average molecular weight is 383 g/mol. The lowest BCUT2D eigenvalue weighted by molar-refractivity contribution is -0.00546. The van der Waals surface area contributed by atoms with Crippen molar-refractivity contribution in [3.63, 3.8) is 0 Å². The molecule has 2 atom stereocenters. The first kappa shape index (κ1) is 20.1. The number of hydrogen-bond acceptors (Lipinski definition) is 5. The maximum atomic E-state index is 12.3. The minimum atomic E-state index is -0.0857. The third-order valence-corrected chi connectivity index (χ3v) is 4.84. The van der Waals surface area contributed by atoms with E-state index in [4.69, 9.17) is 9.47 Å². The van der Waals surface area contributed by atoms with E-state index in [2.05, 4.69) is 41.2 Å². The van der Waals surface area contributed by atoms with Crippen molar-refractivity contribution in [2.45, 2.75) is 38.9 Å². The number of benzene rings is 1. The van der Waals surface area contributed by atoms with Crippen LogP contribution in [0.1, 0.15) is 36.2 Å². The van der Waals surface area contributed by atoms with Gasteiger partial charge >= 0.3 is 0 Å². The molecular formula is C22H29N3O3. The summed E-state index contributed by atoms with van der Waals surface area (Å²) in [6, 6.07) is 11.8. The van der Waals surface area contributed by atoms with Crippen LogP contribution in [-0.4, -0.2) is 49.8 Å². The second kappa shape index (κ2) is 9.55. The van der Waals surface area contributed by atoms with E-state index in [1.165, 1.54) is 5.56 Å².